The van der Waals surface area contributed by atoms with Gasteiger partial charge in [-0.2, -0.15) is 5.26 Å². The third kappa shape index (κ3) is 3.25. The van der Waals surface area contributed by atoms with E-state index < -0.39 is 0 Å². The Morgan fingerprint density at radius 3 is 2.82 bits per heavy atom. The van der Waals surface area contributed by atoms with E-state index in [9.17, 15) is 9.59 Å². The maximum absolute atomic E-state index is 11.3. The fourth-order valence-electron chi connectivity index (χ4n) is 2.19. The Balaban J connectivity index is 2.70. The lowest BCUT2D eigenvalue weighted by molar-refractivity contribution is -0.191. The highest BCUT2D eigenvalue weighted by Crippen LogP contribution is 2.20. The minimum atomic E-state index is -0.248. The average molecular weight is 239 g/mol. The molecule has 1 amide bonds. The Labute approximate surface area is 101 Å². The highest BCUT2D eigenvalue weighted by molar-refractivity contribution is 5.72. The summed E-state index contributed by atoms with van der Waals surface area (Å²) in [4.78, 5) is 28.7. The number of likely N-dealkylation sites (tertiary alicyclic amines) is 1. The van der Waals surface area contributed by atoms with E-state index in [2.05, 4.69) is 6.07 Å². The summed E-state index contributed by atoms with van der Waals surface area (Å²) in [6.07, 6.45) is 2.13. The van der Waals surface area contributed by atoms with Crippen LogP contribution in [-0.4, -0.2) is 54.4 Å². The molecule has 0 bridgehead atoms. The summed E-state index contributed by atoms with van der Waals surface area (Å²) in [5, 5.41) is 10.3. The van der Waals surface area contributed by atoms with Gasteiger partial charge in [-0.05, 0) is 12.8 Å². The van der Waals surface area contributed by atoms with Crippen molar-refractivity contribution in [2.45, 2.75) is 31.8 Å². The lowest BCUT2D eigenvalue weighted by Crippen LogP contribution is -2.52. The zero-order valence-electron chi connectivity index (χ0n) is 10.1. The first kappa shape index (κ1) is 13.6. The molecule has 0 radical (unpaired) electrons. The minimum absolute atomic E-state index is 0.0953. The number of hydrogen-bond donors (Lipinski definition) is 0. The summed E-state index contributed by atoms with van der Waals surface area (Å²) in [6.45, 7) is 2.14. The van der Waals surface area contributed by atoms with Gasteiger partial charge in [-0.25, -0.2) is 5.06 Å². The van der Waals surface area contributed by atoms with Gasteiger partial charge in [0.1, 0.15) is 6.29 Å². The number of rotatable bonds is 4. The van der Waals surface area contributed by atoms with Crippen molar-refractivity contribution in [1.82, 2.24) is 9.96 Å². The summed E-state index contributed by atoms with van der Waals surface area (Å²) in [5.74, 6) is -0.168. The van der Waals surface area contributed by atoms with E-state index in [0.29, 0.717) is 19.4 Å². The molecule has 0 N–H and O–H groups in total. The van der Waals surface area contributed by atoms with Crippen molar-refractivity contribution in [2.75, 3.05) is 20.2 Å². The molecule has 0 aromatic heterocycles. The van der Waals surface area contributed by atoms with Gasteiger partial charge in [0.15, 0.2) is 0 Å². The van der Waals surface area contributed by atoms with Crippen LogP contribution in [0.5, 0.6) is 0 Å². The largest absolute Gasteiger partial charge is 0.302 e. The van der Waals surface area contributed by atoms with Crippen molar-refractivity contribution in [3.05, 3.63) is 0 Å². The van der Waals surface area contributed by atoms with E-state index in [1.807, 2.05) is 0 Å². The Kier molecular flexibility index (Phi) is 5.07. The van der Waals surface area contributed by atoms with Gasteiger partial charge in [0.05, 0.1) is 31.8 Å². The van der Waals surface area contributed by atoms with Gasteiger partial charge in [0, 0.05) is 13.5 Å². The number of carbonyl (C=O) groups is 2. The van der Waals surface area contributed by atoms with Crippen LogP contribution in [0.25, 0.3) is 0 Å². The second kappa shape index (κ2) is 6.33. The molecule has 2 unspecified atom stereocenters. The molecule has 1 heterocycles. The molecule has 1 aliphatic heterocycles. The van der Waals surface area contributed by atoms with Crippen LogP contribution in [0, 0.1) is 11.3 Å². The fraction of sp³-hybridized carbons (Fsp3) is 0.727. The molecular formula is C11H17N3O3. The van der Waals surface area contributed by atoms with E-state index in [-0.39, 0.29) is 24.5 Å². The fourth-order valence-corrected chi connectivity index (χ4v) is 2.19. The molecule has 6 heteroatoms. The molecule has 17 heavy (non-hydrogen) atoms. The number of hydroxylamine groups is 2. The smallest absolute Gasteiger partial charge is 0.243 e. The maximum Gasteiger partial charge on any atom is 0.243 e. The van der Waals surface area contributed by atoms with Crippen molar-refractivity contribution in [1.29, 1.82) is 5.26 Å². The molecule has 6 nitrogen and oxygen atoms in total. The molecule has 1 rings (SSSR count). The molecule has 0 aromatic rings. The van der Waals surface area contributed by atoms with Crippen LogP contribution in [-0.2, 0) is 14.4 Å². The summed E-state index contributed by atoms with van der Waals surface area (Å²) < 4.78 is 0. The van der Waals surface area contributed by atoms with Crippen molar-refractivity contribution in [3.8, 4) is 6.07 Å². The first-order chi connectivity index (χ1) is 8.13. The van der Waals surface area contributed by atoms with Gasteiger partial charge in [-0.3, -0.25) is 14.5 Å². The molecule has 2 atom stereocenters. The second-order valence-corrected chi connectivity index (χ2v) is 4.02. The monoisotopic (exact) mass is 239 g/mol. The number of nitriles is 1. The highest BCUT2D eigenvalue weighted by Gasteiger charge is 2.32. The first-order valence-corrected chi connectivity index (χ1v) is 5.55. The predicted molar refractivity (Wildman–Crippen MR) is 59.6 cm³/mol. The van der Waals surface area contributed by atoms with Gasteiger partial charge in [-0.15, -0.1) is 0 Å². The number of piperidine rings is 1. The first-order valence-electron chi connectivity index (χ1n) is 5.55. The van der Waals surface area contributed by atoms with Crippen molar-refractivity contribution in [3.63, 3.8) is 0 Å². The molecule has 0 spiro atoms. The molecule has 0 aliphatic carbocycles. The highest BCUT2D eigenvalue weighted by atomic mass is 16.7. The number of hydrogen-bond acceptors (Lipinski definition) is 5. The quantitative estimate of drug-likeness (QED) is 0.508. The van der Waals surface area contributed by atoms with Gasteiger partial charge in [-0.1, -0.05) is 0 Å². The van der Waals surface area contributed by atoms with Crippen LogP contribution in [0.2, 0.25) is 0 Å². The van der Waals surface area contributed by atoms with Crippen molar-refractivity contribution >= 4 is 12.2 Å². The number of carbonyl (C=O) groups excluding carboxylic acids is 2. The Morgan fingerprint density at radius 2 is 2.35 bits per heavy atom. The Morgan fingerprint density at radius 1 is 1.65 bits per heavy atom. The van der Waals surface area contributed by atoms with E-state index in [1.54, 1.807) is 4.90 Å². The number of amides is 1. The van der Waals surface area contributed by atoms with Crippen LogP contribution in [0.15, 0.2) is 0 Å². The van der Waals surface area contributed by atoms with Gasteiger partial charge >= 0.3 is 0 Å². The standard InChI is InChI=1S/C11H17N3O3/c1-9(16)14(17-2)11-4-3-10(7-12)13(8-11)5-6-15/h6,10-11H,3-5,8H2,1-2H3. The summed E-state index contributed by atoms with van der Waals surface area (Å²) in [7, 11) is 1.45. The van der Waals surface area contributed by atoms with Crippen LogP contribution in [0.1, 0.15) is 19.8 Å². The molecule has 1 aliphatic rings. The third-order valence-electron chi connectivity index (χ3n) is 2.96. The van der Waals surface area contributed by atoms with E-state index in [0.717, 1.165) is 6.29 Å². The van der Waals surface area contributed by atoms with E-state index in [1.165, 1.54) is 19.1 Å². The minimum Gasteiger partial charge on any atom is -0.302 e. The molecule has 0 aromatic carbocycles. The van der Waals surface area contributed by atoms with Crippen LogP contribution < -0.4 is 0 Å². The maximum atomic E-state index is 11.3. The third-order valence-corrected chi connectivity index (χ3v) is 2.96. The van der Waals surface area contributed by atoms with Crippen molar-refractivity contribution < 1.29 is 14.4 Å². The van der Waals surface area contributed by atoms with Gasteiger partial charge in [0.25, 0.3) is 0 Å². The lowest BCUT2D eigenvalue weighted by atomic mass is 9.99. The molecule has 0 saturated carbocycles. The zero-order chi connectivity index (χ0) is 12.8. The van der Waals surface area contributed by atoms with E-state index >= 15 is 0 Å². The van der Waals surface area contributed by atoms with Gasteiger partial charge < -0.3 is 4.79 Å². The normalized spacial score (nSPS) is 25.0. The van der Waals surface area contributed by atoms with Crippen LogP contribution in [0.4, 0.5) is 0 Å². The predicted octanol–water partition coefficient (Wildman–Crippen LogP) is -0.0482. The number of nitrogens with zero attached hydrogens (tertiary/aromatic N) is 3. The van der Waals surface area contributed by atoms with Crippen molar-refractivity contribution in [2.24, 2.45) is 0 Å². The average Bonchev–Trinajstić information content (AvgIpc) is 2.30. The summed E-state index contributed by atoms with van der Waals surface area (Å²) in [5.41, 5.74) is 0. The molecule has 1 saturated heterocycles. The van der Waals surface area contributed by atoms with E-state index in [4.69, 9.17) is 10.1 Å². The molecule has 1 fully saturated rings. The lowest BCUT2D eigenvalue weighted by Gasteiger charge is -2.39. The van der Waals surface area contributed by atoms with Crippen LogP contribution >= 0.6 is 0 Å². The molecule has 94 valence electrons. The Bertz CT molecular complexity index is 326. The summed E-state index contributed by atoms with van der Waals surface area (Å²) in [6, 6.07) is 1.82. The Hall–Kier alpha value is -1.45. The van der Waals surface area contributed by atoms with Crippen LogP contribution in [0.3, 0.4) is 0 Å². The van der Waals surface area contributed by atoms with Gasteiger partial charge in [0.2, 0.25) is 5.91 Å². The second-order valence-electron chi connectivity index (χ2n) is 4.02. The SMILES string of the molecule is CON(C(C)=O)C1CCC(C#N)N(CC=O)C1. The topological polar surface area (TPSA) is 73.6 Å². The zero-order valence-corrected chi connectivity index (χ0v) is 10.1. The molecular weight excluding hydrogens is 222 g/mol. The summed E-state index contributed by atoms with van der Waals surface area (Å²) >= 11 is 0. The number of aldehydes is 1.